The first-order chi connectivity index (χ1) is 8.49. The molecule has 1 unspecified atom stereocenters. The highest BCUT2D eigenvalue weighted by Gasteiger charge is 2.31. The lowest BCUT2D eigenvalue weighted by molar-refractivity contribution is -0.384. The molecule has 0 aromatic carbocycles. The van der Waals surface area contributed by atoms with Gasteiger partial charge in [-0.1, -0.05) is 0 Å². The van der Waals surface area contributed by atoms with Gasteiger partial charge in [0.15, 0.2) is 5.78 Å². The van der Waals surface area contributed by atoms with Gasteiger partial charge < -0.3 is 4.98 Å². The summed E-state index contributed by atoms with van der Waals surface area (Å²) >= 11 is 0. The molecule has 1 aliphatic carbocycles. The fourth-order valence-corrected chi connectivity index (χ4v) is 2.04. The molecule has 2 rings (SSSR count). The molecule has 1 fully saturated rings. The Morgan fingerprint density at radius 3 is 2.83 bits per heavy atom. The maximum Gasteiger partial charge on any atom is 0.287 e. The first-order valence-corrected chi connectivity index (χ1v) is 6.05. The summed E-state index contributed by atoms with van der Waals surface area (Å²) in [6.45, 7) is 2.40. The van der Waals surface area contributed by atoms with E-state index in [1.807, 2.05) is 11.9 Å². The highest BCUT2D eigenvalue weighted by atomic mass is 16.6. The summed E-state index contributed by atoms with van der Waals surface area (Å²) in [6.07, 6.45) is 3.71. The van der Waals surface area contributed by atoms with Gasteiger partial charge in [0.1, 0.15) is 0 Å². The predicted molar refractivity (Wildman–Crippen MR) is 66.6 cm³/mol. The molecule has 18 heavy (non-hydrogen) atoms. The van der Waals surface area contributed by atoms with Crippen molar-refractivity contribution in [2.24, 2.45) is 5.92 Å². The van der Waals surface area contributed by atoms with E-state index in [1.54, 1.807) is 0 Å². The quantitative estimate of drug-likeness (QED) is 0.475. The van der Waals surface area contributed by atoms with Crippen molar-refractivity contribution in [3.63, 3.8) is 0 Å². The van der Waals surface area contributed by atoms with Crippen molar-refractivity contribution in [2.45, 2.75) is 25.8 Å². The number of aromatic amines is 1. The highest BCUT2D eigenvalue weighted by Crippen LogP contribution is 2.34. The van der Waals surface area contributed by atoms with Crippen LogP contribution in [0.3, 0.4) is 0 Å². The van der Waals surface area contributed by atoms with Gasteiger partial charge in [0.25, 0.3) is 5.69 Å². The average molecular weight is 251 g/mol. The lowest BCUT2D eigenvalue weighted by atomic mass is 10.1. The van der Waals surface area contributed by atoms with Crippen molar-refractivity contribution in [3.8, 4) is 0 Å². The number of carbonyl (C=O) groups is 1. The van der Waals surface area contributed by atoms with Gasteiger partial charge in [-0.25, -0.2) is 0 Å². The Morgan fingerprint density at radius 2 is 2.33 bits per heavy atom. The molecule has 0 aliphatic heterocycles. The van der Waals surface area contributed by atoms with Crippen LogP contribution in [0.2, 0.25) is 0 Å². The Bertz CT molecular complexity index is 465. The summed E-state index contributed by atoms with van der Waals surface area (Å²) in [7, 11) is 1.91. The minimum absolute atomic E-state index is 0.0729. The zero-order valence-electron chi connectivity index (χ0n) is 10.5. The molecule has 98 valence electrons. The van der Waals surface area contributed by atoms with Crippen LogP contribution in [-0.4, -0.2) is 40.2 Å². The fourth-order valence-electron chi connectivity index (χ4n) is 2.04. The van der Waals surface area contributed by atoms with Gasteiger partial charge in [0.05, 0.1) is 23.4 Å². The van der Waals surface area contributed by atoms with Crippen LogP contribution in [0.25, 0.3) is 0 Å². The van der Waals surface area contributed by atoms with E-state index >= 15 is 0 Å². The summed E-state index contributed by atoms with van der Waals surface area (Å²) in [5.74, 6) is 0.582. The van der Waals surface area contributed by atoms with Crippen LogP contribution in [0.4, 0.5) is 5.69 Å². The molecule has 0 saturated heterocycles. The normalized spacial score (nSPS) is 16.8. The zero-order chi connectivity index (χ0) is 13.3. The molecule has 1 saturated carbocycles. The molecule has 0 bridgehead atoms. The topological polar surface area (TPSA) is 79.2 Å². The smallest absolute Gasteiger partial charge is 0.287 e. The number of carbonyl (C=O) groups excluding carboxylic acids is 1. The molecular weight excluding hydrogens is 234 g/mol. The van der Waals surface area contributed by atoms with Crippen LogP contribution in [-0.2, 0) is 0 Å². The van der Waals surface area contributed by atoms with E-state index in [4.69, 9.17) is 0 Å². The second kappa shape index (κ2) is 4.89. The van der Waals surface area contributed by atoms with Crippen LogP contribution in [0, 0.1) is 16.0 Å². The monoisotopic (exact) mass is 251 g/mol. The number of hydrogen-bond acceptors (Lipinski definition) is 4. The molecule has 6 heteroatoms. The third-order valence-electron chi connectivity index (χ3n) is 3.57. The number of hydrogen-bond donors (Lipinski definition) is 1. The van der Waals surface area contributed by atoms with Crippen LogP contribution in [0.15, 0.2) is 12.3 Å². The summed E-state index contributed by atoms with van der Waals surface area (Å²) in [6, 6.07) is 1.68. The van der Waals surface area contributed by atoms with Gasteiger partial charge in [-0.15, -0.1) is 0 Å². The number of nitrogens with one attached hydrogen (secondary N) is 1. The lowest BCUT2D eigenvalue weighted by Crippen LogP contribution is -2.35. The number of likely N-dealkylation sites (N-methyl/N-ethyl adjacent to an activating group) is 1. The van der Waals surface area contributed by atoms with E-state index in [-0.39, 0.29) is 18.0 Å². The second-order valence-electron chi connectivity index (χ2n) is 4.94. The van der Waals surface area contributed by atoms with Crippen LogP contribution < -0.4 is 0 Å². The maximum atomic E-state index is 11.9. The summed E-state index contributed by atoms with van der Waals surface area (Å²) < 4.78 is 0. The minimum atomic E-state index is -0.510. The standard InChI is InChI=1S/C12H17N3O3/c1-8(9-3-4-9)14(2)7-12(16)11-5-10(6-13-11)15(17)18/h5-6,8-9,13H,3-4,7H2,1-2H3. The van der Waals surface area contributed by atoms with Crippen molar-refractivity contribution < 1.29 is 9.72 Å². The van der Waals surface area contributed by atoms with E-state index in [0.29, 0.717) is 17.7 Å². The molecule has 1 atom stereocenters. The van der Waals surface area contributed by atoms with Gasteiger partial charge >= 0.3 is 0 Å². The minimum Gasteiger partial charge on any atom is -0.353 e. The molecule has 1 N–H and O–H groups in total. The van der Waals surface area contributed by atoms with Gasteiger partial charge in [-0.3, -0.25) is 19.8 Å². The third-order valence-corrected chi connectivity index (χ3v) is 3.57. The molecule has 0 radical (unpaired) electrons. The van der Waals surface area contributed by atoms with Crippen molar-refractivity contribution in [2.75, 3.05) is 13.6 Å². The number of Topliss-reactive ketones (excluding diaryl/α,β-unsaturated/α-hetero) is 1. The number of rotatable bonds is 6. The Balaban J connectivity index is 1.95. The van der Waals surface area contributed by atoms with E-state index in [1.165, 1.54) is 25.1 Å². The van der Waals surface area contributed by atoms with E-state index < -0.39 is 4.92 Å². The third kappa shape index (κ3) is 2.76. The largest absolute Gasteiger partial charge is 0.353 e. The number of nitrogens with zero attached hydrogens (tertiary/aromatic N) is 2. The summed E-state index contributed by atoms with van der Waals surface area (Å²) in [5, 5.41) is 10.5. The Morgan fingerprint density at radius 1 is 1.67 bits per heavy atom. The Kier molecular flexibility index (Phi) is 3.47. The summed E-state index contributed by atoms with van der Waals surface area (Å²) in [4.78, 5) is 26.6. The highest BCUT2D eigenvalue weighted by molar-refractivity contribution is 5.96. The summed E-state index contributed by atoms with van der Waals surface area (Å²) in [5.41, 5.74) is 0.229. The van der Waals surface area contributed by atoms with Crippen molar-refractivity contribution >= 4 is 11.5 Å². The van der Waals surface area contributed by atoms with Crippen molar-refractivity contribution in [3.05, 3.63) is 28.1 Å². The molecule has 0 amide bonds. The van der Waals surface area contributed by atoms with E-state index in [0.717, 1.165) is 0 Å². The fraction of sp³-hybridized carbons (Fsp3) is 0.583. The van der Waals surface area contributed by atoms with Crippen molar-refractivity contribution in [1.29, 1.82) is 0 Å². The lowest BCUT2D eigenvalue weighted by Gasteiger charge is -2.23. The van der Waals surface area contributed by atoms with Gasteiger partial charge in [0, 0.05) is 12.1 Å². The molecular formula is C12H17N3O3. The average Bonchev–Trinajstić information content (AvgIpc) is 3.04. The molecule has 0 spiro atoms. The first-order valence-electron chi connectivity index (χ1n) is 6.05. The molecule has 1 aromatic heterocycles. The van der Waals surface area contributed by atoms with Gasteiger partial charge in [-0.05, 0) is 32.7 Å². The van der Waals surface area contributed by atoms with E-state index in [9.17, 15) is 14.9 Å². The Hall–Kier alpha value is -1.69. The van der Waals surface area contributed by atoms with Gasteiger partial charge in [-0.2, -0.15) is 0 Å². The van der Waals surface area contributed by atoms with E-state index in [2.05, 4.69) is 11.9 Å². The predicted octanol–water partition coefficient (Wildman–Crippen LogP) is 1.84. The van der Waals surface area contributed by atoms with Crippen LogP contribution in [0.5, 0.6) is 0 Å². The molecule has 1 aliphatic rings. The van der Waals surface area contributed by atoms with Crippen LogP contribution in [0.1, 0.15) is 30.3 Å². The Labute approximate surface area is 105 Å². The maximum absolute atomic E-state index is 11.9. The number of ketones is 1. The number of H-pyrrole nitrogens is 1. The molecule has 1 heterocycles. The van der Waals surface area contributed by atoms with Crippen LogP contribution >= 0.6 is 0 Å². The molecule has 1 aromatic rings. The second-order valence-corrected chi connectivity index (χ2v) is 4.94. The number of nitro groups is 1. The first kappa shape index (κ1) is 12.8. The van der Waals surface area contributed by atoms with Gasteiger partial charge in [0.2, 0.25) is 0 Å². The molecule has 6 nitrogen and oxygen atoms in total. The van der Waals surface area contributed by atoms with Crippen molar-refractivity contribution in [1.82, 2.24) is 9.88 Å². The zero-order valence-corrected chi connectivity index (χ0v) is 10.5. The number of aromatic nitrogens is 1. The SMILES string of the molecule is CC(C1CC1)N(C)CC(=O)c1cc([N+](=O)[O-])c[nH]1.